The predicted octanol–water partition coefficient (Wildman–Crippen LogP) is 11.6. The second kappa shape index (κ2) is 8.73. The Hall–Kier alpha value is -5.54. The first-order valence-electron chi connectivity index (χ1n) is 14.3. The van der Waals surface area contributed by atoms with Gasteiger partial charge in [-0.1, -0.05) is 97.1 Å². The molecule has 7 aromatic carbocycles. The van der Waals surface area contributed by atoms with Gasteiger partial charge in [-0.15, -0.1) is 0 Å². The third-order valence-corrected chi connectivity index (χ3v) is 8.52. The second-order valence-electron chi connectivity index (χ2n) is 11.0. The van der Waals surface area contributed by atoms with Crippen LogP contribution in [0.2, 0.25) is 0 Å². The van der Waals surface area contributed by atoms with Crippen LogP contribution in [0.5, 0.6) is 0 Å². The van der Waals surface area contributed by atoms with Gasteiger partial charge >= 0.3 is 0 Å². The molecule has 2 heterocycles. The molecule has 9 aromatic rings. The SMILES string of the molecule is Cc1cccc2c1oc1c(N(c3ccccc3)c3cc4oc5cc6ccccc6cc5c4c4ccccc34)cccc12. The first-order chi connectivity index (χ1) is 20.7. The number of nitrogens with zero attached hydrogens (tertiary/aromatic N) is 1. The first kappa shape index (κ1) is 23.2. The van der Waals surface area contributed by atoms with Gasteiger partial charge in [-0.05, 0) is 59.0 Å². The maximum Gasteiger partial charge on any atom is 0.159 e. The van der Waals surface area contributed by atoms with Crippen LogP contribution in [0, 0.1) is 6.92 Å². The molecule has 0 aliphatic carbocycles. The second-order valence-corrected chi connectivity index (χ2v) is 11.0. The molecular formula is C39H25NO2. The maximum absolute atomic E-state index is 6.66. The molecule has 42 heavy (non-hydrogen) atoms. The minimum Gasteiger partial charge on any atom is -0.456 e. The molecule has 0 aliphatic heterocycles. The van der Waals surface area contributed by atoms with Crippen LogP contribution in [0.3, 0.4) is 0 Å². The number of hydrogen-bond donors (Lipinski definition) is 0. The molecule has 0 N–H and O–H groups in total. The number of hydrogen-bond acceptors (Lipinski definition) is 3. The Morgan fingerprint density at radius 2 is 1.12 bits per heavy atom. The van der Waals surface area contributed by atoms with Crippen molar-refractivity contribution in [3.63, 3.8) is 0 Å². The largest absolute Gasteiger partial charge is 0.456 e. The van der Waals surface area contributed by atoms with E-state index >= 15 is 0 Å². The van der Waals surface area contributed by atoms with E-state index in [1.807, 2.05) is 0 Å². The average Bonchev–Trinajstić information content (AvgIpc) is 3.60. The van der Waals surface area contributed by atoms with Gasteiger partial charge in [0.25, 0.3) is 0 Å². The monoisotopic (exact) mass is 539 g/mol. The summed E-state index contributed by atoms with van der Waals surface area (Å²) >= 11 is 0. The Morgan fingerprint density at radius 3 is 1.95 bits per heavy atom. The Balaban J connectivity index is 1.40. The predicted molar refractivity (Wildman–Crippen MR) is 175 cm³/mol. The van der Waals surface area contributed by atoms with Crippen molar-refractivity contribution in [1.29, 1.82) is 0 Å². The summed E-state index contributed by atoms with van der Waals surface area (Å²) in [5.41, 5.74) is 7.76. The van der Waals surface area contributed by atoms with Crippen molar-refractivity contribution in [3.8, 4) is 0 Å². The molecule has 0 radical (unpaired) electrons. The summed E-state index contributed by atoms with van der Waals surface area (Å²) in [7, 11) is 0. The van der Waals surface area contributed by atoms with E-state index in [-0.39, 0.29) is 0 Å². The van der Waals surface area contributed by atoms with E-state index in [0.29, 0.717) is 0 Å². The third kappa shape index (κ3) is 3.28. The molecule has 9 rings (SSSR count). The van der Waals surface area contributed by atoms with Gasteiger partial charge in [0.05, 0.1) is 11.4 Å². The number of para-hydroxylation sites is 3. The summed E-state index contributed by atoms with van der Waals surface area (Å²) in [5.74, 6) is 0. The topological polar surface area (TPSA) is 29.5 Å². The van der Waals surface area contributed by atoms with Crippen molar-refractivity contribution in [3.05, 3.63) is 139 Å². The average molecular weight is 540 g/mol. The summed E-state index contributed by atoms with van der Waals surface area (Å²) in [4.78, 5) is 2.31. The highest BCUT2D eigenvalue weighted by Crippen LogP contribution is 2.47. The Kier molecular flexibility index (Phi) is 4.82. The van der Waals surface area contributed by atoms with Crippen molar-refractivity contribution >= 4 is 82.5 Å². The molecule has 3 nitrogen and oxygen atoms in total. The molecular weight excluding hydrogens is 514 g/mol. The van der Waals surface area contributed by atoms with Crippen LogP contribution < -0.4 is 4.90 Å². The fourth-order valence-electron chi connectivity index (χ4n) is 6.60. The van der Waals surface area contributed by atoms with Crippen molar-refractivity contribution in [1.82, 2.24) is 0 Å². The highest BCUT2D eigenvalue weighted by Gasteiger charge is 2.23. The van der Waals surface area contributed by atoms with Crippen LogP contribution in [-0.4, -0.2) is 0 Å². The van der Waals surface area contributed by atoms with Crippen molar-refractivity contribution < 1.29 is 8.83 Å². The quantitative estimate of drug-likeness (QED) is 0.224. The first-order valence-corrected chi connectivity index (χ1v) is 14.3. The fourth-order valence-corrected chi connectivity index (χ4v) is 6.60. The molecule has 0 unspecified atom stereocenters. The van der Waals surface area contributed by atoms with Gasteiger partial charge in [0, 0.05) is 38.7 Å². The molecule has 0 fully saturated rings. The maximum atomic E-state index is 6.66. The van der Waals surface area contributed by atoms with Crippen LogP contribution in [0.15, 0.2) is 142 Å². The molecule has 3 heteroatoms. The van der Waals surface area contributed by atoms with E-state index in [2.05, 4.69) is 145 Å². The summed E-state index contributed by atoms with van der Waals surface area (Å²) in [6.07, 6.45) is 0. The van der Waals surface area contributed by atoms with Crippen molar-refractivity contribution in [2.75, 3.05) is 4.90 Å². The summed E-state index contributed by atoms with van der Waals surface area (Å²) in [6, 6.07) is 47.0. The highest BCUT2D eigenvalue weighted by atomic mass is 16.3. The van der Waals surface area contributed by atoms with Gasteiger partial charge in [-0.3, -0.25) is 0 Å². The Morgan fingerprint density at radius 1 is 0.452 bits per heavy atom. The molecule has 0 amide bonds. The summed E-state index contributed by atoms with van der Waals surface area (Å²) in [6.45, 7) is 2.10. The summed E-state index contributed by atoms with van der Waals surface area (Å²) in [5, 5.41) is 9.19. The van der Waals surface area contributed by atoms with E-state index in [4.69, 9.17) is 8.83 Å². The van der Waals surface area contributed by atoms with E-state index in [1.165, 1.54) is 10.8 Å². The molecule has 198 valence electrons. The van der Waals surface area contributed by atoms with Gasteiger partial charge in [-0.25, -0.2) is 0 Å². The van der Waals surface area contributed by atoms with Crippen molar-refractivity contribution in [2.24, 2.45) is 0 Å². The normalized spacial score (nSPS) is 11.9. The Labute approximate surface area is 241 Å². The van der Waals surface area contributed by atoms with Gasteiger partial charge in [0.15, 0.2) is 5.58 Å². The Bertz CT molecular complexity index is 2480. The molecule has 0 saturated carbocycles. The van der Waals surface area contributed by atoms with E-state index in [1.54, 1.807) is 0 Å². The minimum absolute atomic E-state index is 0.863. The zero-order chi connectivity index (χ0) is 27.8. The zero-order valence-electron chi connectivity index (χ0n) is 23.0. The number of fused-ring (bicyclic) bond motifs is 9. The van der Waals surface area contributed by atoms with Crippen LogP contribution in [0.25, 0.3) is 65.4 Å². The number of furan rings is 2. The number of rotatable bonds is 3. The van der Waals surface area contributed by atoms with Gasteiger partial charge < -0.3 is 13.7 Å². The lowest BCUT2D eigenvalue weighted by Crippen LogP contribution is -2.10. The molecule has 0 saturated heterocycles. The highest BCUT2D eigenvalue weighted by molar-refractivity contribution is 6.24. The molecule has 0 aliphatic rings. The summed E-state index contributed by atoms with van der Waals surface area (Å²) < 4.78 is 13.3. The fraction of sp³-hybridized carbons (Fsp3) is 0.0256. The van der Waals surface area contributed by atoms with Crippen LogP contribution in [-0.2, 0) is 0 Å². The van der Waals surface area contributed by atoms with Crippen LogP contribution >= 0.6 is 0 Å². The van der Waals surface area contributed by atoms with Crippen LogP contribution in [0.1, 0.15) is 5.56 Å². The molecule has 0 atom stereocenters. The zero-order valence-corrected chi connectivity index (χ0v) is 23.0. The number of anilines is 3. The van der Waals surface area contributed by atoms with E-state index < -0.39 is 0 Å². The third-order valence-electron chi connectivity index (χ3n) is 8.52. The lowest BCUT2D eigenvalue weighted by atomic mass is 9.99. The number of benzene rings is 7. The van der Waals surface area contributed by atoms with Crippen LogP contribution in [0.4, 0.5) is 17.1 Å². The lowest BCUT2D eigenvalue weighted by Gasteiger charge is -2.27. The molecule has 0 spiro atoms. The number of aryl methyl sites for hydroxylation is 1. The van der Waals surface area contributed by atoms with Crippen molar-refractivity contribution in [2.45, 2.75) is 6.92 Å². The smallest absolute Gasteiger partial charge is 0.159 e. The van der Waals surface area contributed by atoms with E-state index in [9.17, 15) is 0 Å². The minimum atomic E-state index is 0.863. The van der Waals surface area contributed by atoms with Gasteiger partial charge in [0.2, 0.25) is 0 Å². The molecule has 2 aromatic heterocycles. The van der Waals surface area contributed by atoms with Gasteiger partial charge in [-0.2, -0.15) is 0 Å². The van der Waals surface area contributed by atoms with Gasteiger partial charge in [0.1, 0.15) is 16.7 Å². The molecule has 0 bridgehead atoms. The lowest BCUT2D eigenvalue weighted by molar-refractivity contribution is 0.665. The standard InChI is InChI=1S/C39H25NO2/c1-24-11-9-18-30-31-19-10-20-33(39(31)42-38(24)30)40(27-14-3-2-4-15-27)34-23-36-37(29-17-8-7-16-28(29)34)32-21-25-12-5-6-13-26(25)22-35(32)41-36/h2-23H,1H3. The van der Waals surface area contributed by atoms with E-state index in [0.717, 1.165) is 77.3 Å².